The number of hydrogen-bond acceptors (Lipinski definition) is 1. The molecule has 0 heterocycles. The molecule has 1 aliphatic rings. The average molecular weight is 154 g/mol. The molecular weight excluding hydrogens is 136 g/mol. The van der Waals surface area contributed by atoms with E-state index in [4.69, 9.17) is 0 Å². The van der Waals surface area contributed by atoms with Crippen molar-refractivity contribution in [3.8, 4) is 0 Å². The summed E-state index contributed by atoms with van der Waals surface area (Å²) in [5, 5.41) is 0. The zero-order valence-corrected chi connectivity index (χ0v) is 7.76. The average Bonchev–Trinajstić information content (AvgIpc) is 1.82. The Labute approximate surface area is 69.2 Å². The molecule has 0 saturated heterocycles. The number of carbonyl (C=O) groups excluding carboxylic acids is 1. The zero-order chi connectivity index (χ0) is 8.43. The molecule has 1 atom stereocenters. The molecular formula is C10H18O. The SMILES string of the molecule is CC(C)C(=O)C(C)C1CCC1. The lowest BCUT2D eigenvalue weighted by molar-refractivity contribution is -0.127. The van der Waals surface area contributed by atoms with Gasteiger partial charge in [0.2, 0.25) is 0 Å². The highest BCUT2D eigenvalue weighted by atomic mass is 16.1. The molecule has 0 radical (unpaired) electrons. The summed E-state index contributed by atoms with van der Waals surface area (Å²) >= 11 is 0. The monoisotopic (exact) mass is 154 g/mol. The standard InChI is InChI=1S/C10H18O/c1-7(2)10(11)8(3)9-5-4-6-9/h7-9H,4-6H2,1-3H3. The summed E-state index contributed by atoms with van der Waals surface area (Å²) in [6, 6.07) is 0. The smallest absolute Gasteiger partial charge is 0.138 e. The van der Waals surface area contributed by atoms with E-state index in [2.05, 4.69) is 6.92 Å². The maximum atomic E-state index is 11.5. The first-order valence-electron chi connectivity index (χ1n) is 4.66. The normalized spacial score (nSPS) is 21.5. The van der Waals surface area contributed by atoms with Crippen LogP contribution in [0.15, 0.2) is 0 Å². The first kappa shape index (κ1) is 8.76. The van der Waals surface area contributed by atoms with Gasteiger partial charge in [0.1, 0.15) is 5.78 Å². The Balaban J connectivity index is 2.39. The third kappa shape index (κ3) is 1.82. The molecule has 1 rings (SSSR count). The fourth-order valence-corrected chi connectivity index (χ4v) is 1.70. The van der Waals surface area contributed by atoms with Crippen LogP contribution >= 0.6 is 0 Å². The molecule has 0 aromatic carbocycles. The second-order valence-electron chi connectivity index (χ2n) is 4.04. The van der Waals surface area contributed by atoms with E-state index in [1.165, 1.54) is 19.3 Å². The van der Waals surface area contributed by atoms with Crippen molar-refractivity contribution in [3.05, 3.63) is 0 Å². The summed E-state index contributed by atoms with van der Waals surface area (Å²) in [4.78, 5) is 11.5. The van der Waals surface area contributed by atoms with Crippen molar-refractivity contribution in [1.29, 1.82) is 0 Å². The van der Waals surface area contributed by atoms with Crippen molar-refractivity contribution in [2.24, 2.45) is 17.8 Å². The maximum absolute atomic E-state index is 11.5. The summed E-state index contributed by atoms with van der Waals surface area (Å²) in [6.07, 6.45) is 3.89. The third-order valence-electron chi connectivity index (χ3n) is 2.87. The molecule has 0 aromatic heterocycles. The lowest BCUT2D eigenvalue weighted by Gasteiger charge is -2.31. The molecule has 0 bridgehead atoms. The Hall–Kier alpha value is -0.330. The molecule has 0 N–H and O–H groups in total. The summed E-state index contributed by atoms with van der Waals surface area (Å²) in [6.45, 7) is 6.08. The van der Waals surface area contributed by atoms with Crippen LogP contribution in [0.4, 0.5) is 0 Å². The highest BCUT2D eigenvalue weighted by Crippen LogP contribution is 2.34. The minimum Gasteiger partial charge on any atom is -0.299 e. The van der Waals surface area contributed by atoms with Crippen molar-refractivity contribution in [3.63, 3.8) is 0 Å². The lowest BCUT2D eigenvalue weighted by atomic mass is 9.73. The van der Waals surface area contributed by atoms with Gasteiger partial charge in [-0.3, -0.25) is 4.79 Å². The quantitative estimate of drug-likeness (QED) is 0.610. The van der Waals surface area contributed by atoms with Gasteiger partial charge < -0.3 is 0 Å². The summed E-state index contributed by atoms with van der Waals surface area (Å²) < 4.78 is 0. The van der Waals surface area contributed by atoms with Crippen molar-refractivity contribution in [2.45, 2.75) is 40.0 Å². The predicted octanol–water partition coefficient (Wildman–Crippen LogP) is 2.65. The van der Waals surface area contributed by atoms with Crippen molar-refractivity contribution in [1.82, 2.24) is 0 Å². The van der Waals surface area contributed by atoms with E-state index in [0.29, 0.717) is 17.6 Å². The second-order valence-corrected chi connectivity index (χ2v) is 4.04. The first-order chi connectivity index (χ1) is 5.13. The van der Waals surface area contributed by atoms with E-state index >= 15 is 0 Å². The van der Waals surface area contributed by atoms with Crippen LogP contribution in [0.3, 0.4) is 0 Å². The van der Waals surface area contributed by atoms with Crippen LogP contribution in [0.25, 0.3) is 0 Å². The molecule has 1 nitrogen and oxygen atoms in total. The van der Waals surface area contributed by atoms with Gasteiger partial charge in [-0.15, -0.1) is 0 Å². The van der Waals surface area contributed by atoms with Gasteiger partial charge in [0.25, 0.3) is 0 Å². The Bertz CT molecular complexity index is 145. The predicted molar refractivity (Wildman–Crippen MR) is 46.4 cm³/mol. The number of hydrogen-bond donors (Lipinski definition) is 0. The van der Waals surface area contributed by atoms with Crippen molar-refractivity contribution >= 4 is 5.78 Å². The van der Waals surface area contributed by atoms with Crippen LogP contribution in [0.1, 0.15) is 40.0 Å². The van der Waals surface area contributed by atoms with Gasteiger partial charge in [0.15, 0.2) is 0 Å². The summed E-state index contributed by atoms with van der Waals surface area (Å²) in [5.41, 5.74) is 0. The largest absolute Gasteiger partial charge is 0.299 e. The number of ketones is 1. The molecule has 0 aromatic rings. The van der Waals surface area contributed by atoms with Gasteiger partial charge in [-0.2, -0.15) is 0 Å². The zero-order valence-electron chi connectivity index (χ0n) is 7.76. The molecule has 1 saturated carbocycles. The first-order valence-corrected chi connectivity index (χ1v) is 4.66. The third-order valence-corrected chi connectivity index (χ3v) is 2.87. The minimum absolute atomic E-state index is 0.227. The van der Waals surface area contributed by atoms with Gasteiger partial charge in [0, 0.05) is 11.8 Å². The van der Waals surface area contributed by atoms with Crippen LogP contribution in [0, 0.1) is 17.8 Å². The van der Waals surface area contributed by atoms with Gasteiger partial charge in [-0.05, 0) is 18.8 Å². The van der Waals surface area contributed by atoms with E-state index in [-0.39, 0.29) is 5.92 Å². The van der Waals surface area contributed by atoms with E-state index in [1.807, 2.05) is 13.8 Å². The van der Waals surface area contributed by atoms with Crippen LogP contribution in [-0.2, 0) is 4.79 Å². The number of carbonyl (C=O) groups is 1. The van der Waals surface area contributed by atoms with Gasteiger partial charge in [-0.1, -0.05) is 27.2 Å². The molecule has 0 spiro atoms. The fourth-order valence-electron chi connectivity index (χ4n) is 1.70. The Morgan fingerprint density at radius 1 is 1.27 bits per heavy atom. The van der Waals surface area contributed by atoms with Gasteiger partial charge in [-0.25, -0.2) is 0 Å². The summed E-state index contributed by atoms with van der Waals surface area (Å²) in [5.74, 6) is 1.72. The van der Waals surface area contributed by atoms with Gasteiger partial charge in [0.05, 0.1) is 0 Å². The second kappa shape index (κ2) is 3.38. The van der Waals surface area contributed by atoms with E-state index in [1.54, 1.807) is 0 Å². The Morgan fingerprint density at radius 2 is 1.82 bits per heavy atom. The van der Waals surface area contributed by atoms with Crippen LogP contribution < -0.4 is 0 Å². The molecule has 11 heavy (non-hydrogen) atoms. The summed E-state index contributed by atoms with van der Waals surface area (Å²) in [7, 11) is 0. The lowest BCUT2D eigenvalue weighted by Crippen LogP contribution is -2.29. The molecule has 0 aliphatic heterocycles. The highest BCUT2D eigenvalue weighted by molar-refractivity contribution is 5.82. The van der Waals surface area contributed by atoms with E-state index < -0.39 is 0 Å². The molecule has 1 fully saturated rings. The van der Waals surface area contributed by atoms with Crippen molar-refractivity contribution in [2.75, 3.05) is 0 Å². The molecule has 1 heteroatoms. The molecule has 64 valence electrons. The Kier molecular flexibility index (Phi) is 2.69. The van der Waals surface area contributed by atoms with Crippen LogP contribution in [-0.4, -0.2) is 5.78 Å². The maximum Gasteiger partial charge on any atom is 0.138 e. The topological polar surface area (TPSA) is 17.1 Å². The van der Waals surface area contributed by atoms with Crippen LogP contribution in [0.2, 0.25) is 0 Å². The van der Waals surface area contributed by atoms with E-state index in [9.17, 15) is 4.79 Å². The molecule has 1 aliphatic carbocycles. The van der Waals surface area contributed by atoms with E-state index in [0.717, 1.165) is 0 Å². The highest BCUT2D eigenvalue weighted by Gasteiger charge is 2.29. The number of rotatable bonds is 3. The fraction of sp³-hybridized carbons (Fsp3) is 0.900. The number of Topliss-reactive ketones (excluding diaryl/α,β-unsaturated/α-hetero) is 1. The molecule has 1 unspecified atom stereocenters. The molecule has 0 amide bonds. The van der Waals surface area contributed by atoms with Crippen molar-refractivity contribution < 1.29 is 4.79 Å². The Morgan fingerprint density at radius 3 is 2.09 bits per heavy atom. The minimum atomic E-state index is 0.227. The van der Waals surface area contributed by atoms with Crippen LogP contribution in [0.5, 0.6) is 0 Å². The van der Waals surface area contributed by atoms with Gasteiger partial charge >= 0.3 is 0 Å².